The zero-order chi connectivity index (χ0) is 14.8. The lowest BCUT2D eigenvalue weighted by Gasteiger charge is -2.26. The number of fused-ring (bicyclic) bond motifs is 1. The summed E-state index contributed by atoms with van der Waals surface area (Å²) < 4.78 is 2.91. The molecule has 1 aromatic heterocycles. The largest absolute Gasteiger partial charge is 0.344 e. The predicted molar refractivity (Wildman–Crippen MR) is 87.4 cm³/mol. The number of benzene rings is 1. The standard InChI is InChI=1S/C17H19BrN2O/c1-2-20-11-13(18)10-16(20)17(21)19-15-9-5-7-12-6-3-4-8-14(12)15/h3-4,6,8,10-11,15H,2,5,7,9H2,1H3,(H,19,21). The van der Waals surface area contributed by atoms with Gasteiger partial charge in [-0.2, -0.15) is 0 Å². The minimum absolute atomic E-state index is 0.00394. The molecule has 3 rings (SSSR count). The Labute approximate surface area is 133 Å². The highest BCUT2D eigenvalue weighted by Gasteiger charge is 2.23. The number of carbonyl (C=O) groups excluding carboxylic acids is 1. The van der Waals surface area contributed by atoms with E-state index in [9.17, 15) is 4.79 Å². The van der Waals surface area contributed by atoms with Gasteiger partial charge in [0.15, 0.2) is 0 Å². The van der Waals surface area contributed by atoms with E-state index in [-0.39, 0.29) is 11.9 Å². The molecular weight excluding hydrogens is 328 g/mol. The van der Waals surface area contributed by atoms with E-state index in [0.717, 1.165) is 30.3 Å². The minimum atomic E-state index is 0.00394. The Bertz CT molecular complexity index is 663. The van der Waals surface area contributed by atoms with E-state index < -0.39 is 0 Å². The molecule has 1 aliphatic carbocycles. The van der Waals surface area contributed by atoms with Crippen LogP contribution in [-0.2, 0) is 13.0 Å². The van der Waals surface area contributed by atoms with Crippen LogP contribution < -0.4 is 5.32 Å². The highest BCUT2D eigenvalue weighted by molar-refractivity contribution is 9.10. The maximum atomic E-state index is 12.6. The Hall–Kier alpha value is -1.55. The maximum absolute atomic E-state index is 12.6. The first kappa shape index (κ1) is 14.4. The van der Waals surface area contributed by atoms with Gasteiger partial charge in [-0.25, -0.2) is 0 Å². The third kappa shape index (κ3) is 2.91. The van der Waals surface area contributed by atoms with Crippen LogP contribution in [0, 0.1) is 0 Å². The van der Waals surface area contributed by atoms with Crippen molar-refractivity contribution >= 4 is 21.8 Å². The van der Waals surface area contributed by atoms with Crippen molar-refractivity contribution in [3.8, 4) is 0 Å². The van der Waals surface area contributed by atoms with Crippen molar-refractivity contribution in [2.75, 3.05) is 0 Å². The van der Waals surface area contributed by atoms with E-state index in [2.05, 4.69) is 45.5 Å². The Morgan fingerprint density at radius 3 is 3.05 bits per heavy atom. The van der Waals surface area contributed by atoms with Crippen LogP contribution in [0.2, 0.25) is 0 Å². The van der Waals surface area contributed by atoms with Gasteiger partial charge in [0.1, 0.15) is 5.69 Å². The molecule has 0 aliphatic heterocycles. The summed E-state index contributed by atoms with van der Waals surface area (Å²) in [4.78, 5) is 12.6. The molecule has 0 saturated carbocycles. The molecular formula is C17H19BrN2O. The minimum Gasteiger partial charge on any atom is -0.344 e. The second-order valence-electron chi connectivity index (χ2n) is 5.45. The number of hydrogen-bond acceptors (Lipinski definition) is 1. The number of carbonyl (C=O) groups is 1. The quantitative estimate of drug-likeness (QED) is 0.892. The van der Waals surface area contributed by atoms with Gasteiger partial charge in [0.25, 0.3) is 5.91 Å². The van der Waals surface area contributed by atoms with Crippen molar-refractivity contribution in [1.82, 2.24) is 9.88 Å². The molecule has 1 N–H and O–H groups in total. The second kappa shape index (κ2) is 6.06. The Balaban J connectivity index is 1.82. The SMILES string of the molecule is CCn1cc(Br)cc1C(=O)NC1CCCc2ccccc21. The molecule has 1 atom stereocenters. The zero-order valence-corrected chi connectivity index (χ0v) is 13.7. The molecule has 1 unspecified atom stereocenters. The molecule has 0 saturated heterocycles. The van der Waals surface area contributed by atoms with E-state index in [0.29, 0.717) is 5.69 Å². The summed E-state index contributed by atoms with van der Waals surface area (Å²) in [7, 11) is 0. The molecule has 1 aliphatic rings. The first-order valence-electron chi connectivity index (χ1n) is 7.43. The lowest BCUT2D eigenvalue weighted by molar-refractivity contribution is 0.0923. The molecule has 1 aromatic carbocycles. The summed E-state index contributed by atoms with van der Waals surface area (Å²) >= 11 is 3.44. The first-order chi connectivity index (χ1) is 10.2. The molecule has 0 radical (unpaired) electrons. The summed E-state index contributed by atoms with van der Waals surface area (Å²) in [5.41, 5.74) is 3.35. The van der Waals surface area contributed by atoms with Crippen molar-refractivity contribution in [3.05, 3.63) is 57.8 Å². The Morgan fingerprint density at radius 1 is 1.43 bits per heavy atom. The van der Waals surface area contributed by atoms with E-state index in [1.165, 1.54) is 11.1 Å². The van der Waals surface area contributed by atoms with Crippen LogP contribution in [0.3, 0.4) is 0 Å². The average Bonchev–Trinajstić information content (AvgIpc) is 2.89. The zero-order valence-electron chi connectivity index (χ0n) is 12.1. The molecule has 0 fully saturated rings. The third-order valence-corrected chi connectivity index (χ3v) is 4.54. The van der Waals surface area contributed by atoms with Crippen LogP contribution >= 0.6 is 15.9 Å². The summed E-state index contributed by atoms with van der Waals surface area (Å²) in [6, 6.07) is 10.4. The number of nitrogens with one attached hydrogen (secondary N) is 1. The Kier molecular flexibility index (Phi) is 4.15. The molecule has 0 bridgehead atoms. The van der Waals surface area contributed by atoms with Crippen LogP contribution in [0.15, 0.2) is 41.0 Å². The lowest BCUT2D eigenvalue weighted by atomic mass is 9.87. The number of halogens is 1. The lowest BCUT2D eigenvalue weighted by Crippen LogP contribution is -2.32. The highest BCUT2D eigenvalue weighted by atomic mass is 79.9. The molecule has 3 nitrogen and oxygen atoms in total. The molecule has 1 amide bonds. The number of aryl methyl sites for hydroxylation is 2. The fourth-order valence-electron chi connectivity index (χ4n) is 3.06. The normalized spacial score (nSPS) is 17.3. The van der Waals surface area contributed by atoms with E-state index in [4.69, 9.17) is 0 Å². The third-order valence-electron chi connectivity index (χ3n) is 4.11. The second-order valence-corrected chi connectivity index (χ2v) is 6.36. The van der Waals surface area contributed by atoms with E-state index in [1.54, 1.807) is 0 Å². The van der Waals surface area contributed by atoms with Crippen molar-refractivity contribution in [3.63, 3.8) is 0 Å². The van der Waals surface area contributed by atoms with Gasteiger partial charge in [-0.15, -0.1) is 0 Å². The van der Waals surface area contributed by atoms with Gasteiger partial charge >= 0.3 is 0 Å². The number of aromatic nitrogens is 1. The van der Waals surface area contributed by atoms with Gasteiger partial charge in [0.2, 0.25) is 0 Å². The predicted octanol–water partition coefficient (Wildman–Crippen LogP) is 4.08. The Morgan fingerprint density at radius 2 is 2.24 bits per heavy atom. The van der Waals surface area contributed by atoms with E-state index in [1.807, 2.05) is 23.8 Å². The van der Waals surface area contributed by atoms with Crippen LogP contribution in [0.1, 0.15) is 47.4 Å². The molecule has 110 valence electrons. The first-order valence-corrected chi connectivity index (χ1v) is 8.22. The highest BCUT2D eigenvalue weighted by Crippen LogP contribution is 2.29. The van der Waals surface area contributed by atoms with Gasteiger partial charge in [-0.05, 0) is 59.3 Å². The van der Waals surface area contributed by atoms with Gasteiger partial charge in [-0.1, -0.05) is 24.3 Å². The number of rotatable bonds is 3. The maximum Gasteiger partial charge on any atom is 0.268 e. The van der Waals surface area contributed by atoms with Crippen LogP contribution in [-0.4, -0.2) is 10.5 Å². The van der Waals surface area contributed by atoms with Gasteiger partial charge in [0.05, 0.1) is 6.04 Å². The molecule has 4 heteroatoms. The summed E-state index contributed by atoms with van der Waals surface area (Å²) in [5.74, 6) is 0.00394. The molecule has 1 heterocycles. The smallest absolute Gasteiger partial charge is 0.268 e. The van der Waals surface area contributed by atoms with Gasteiger partial charge in [-0.3, -0.25) is 4.79 Å². The summed E-state index contributed by atoms with van der Waals surface area (Å²) in [6.45, 7) is 2.83. The van der Waals surface area contributed by atoms with Gasteiger partial charge in [0, 0.05) is 17.2 Å². The molecule has 21 heavy (non-hydrogen) atoms. The average molecular weight is 347 g/mol. The van der Waals surface area contributed by atoms with Crippen LogP contribution in [0.4, 0.5) is 0 Å². The summed E-state index contributed by atoms with van der Waals surface area (Å²) in [5, 5.41) is 3.20. The van der Waals surface area contributed by atoms with Crippen molar-refractivity contribution in [1.29, 1.82) is 0 Å². The number of nitrogens with zero attached hydrogens (tertiary/aromatic N) is 1. The van der Waals surface area contributed by atoms with Crippen LogP contribution in [0.25, 0.3) is 0 Å². The fraction of sp³-hybridized carbons (Fsp3) is 0.353. The van der Waals surface area contributed by atoms with Crippen molar-refractivity contribution in [2.45, 2.75) is 38.8 Å². The molecule has 0 spiro atoms. The topological polar surface area (TPSA) is 34.0 Å². The fourth-order valence-corrected chi connectivity index (χ4v) is 3.53. The van der Waals surface area contributed by atoms with Crippen molar-refractivity contribution < 1.29 is 4.79 Å². The molecule has 2 aromatic rings. The van der Waals surface area contributed by atoms with E-state index >= 15 is 0 Å². The van der Waals surface area contributed by atoms with Crippen LogP contribution in [0.5, 0.6) is 0 Å². The number of hydrogen-bond donors (Lipinski definition) is 1. The summed E-state index contributed by atoms with van der Waals surface area (Å²) in [6.07, 6.45) is 5.19. The van der Waals surface area contributed by atoms with Crippen molar-refractivity contribution in [2.24, 2.45) is 0 Å². The van der Waals surface area contributed by atoms with Gasteiger partial charge < -0.3 is 9.88 Å². The number of amides is 1. The monoisotopic (exact) mass is 346 g/mol.